The van der Waals surface area contributed by atoms with Gasteiger partial charge in [-0.05, 0) is 13.0 Å². The van der Waals surface area contributed by atoms with Crippen LogP contribution in [0, 0.1) is 0 Å². The van der Waals surface area contributed by atoms with E-state index in [1.165, 1.54) is 64.2 Å². The molecule has 0 saturated heterocycles. The van der Waals surface area contributed by atoms with Crippen LogP contribution in [0.25, 0.3) is 0 Å². The molecule has 0 bridgehead atoms. The van der Waals surface area contributed by atoms with Gasteiger partial charge in [-0.3, -0.25) is 9.69 Å². The van der Waals surface area contributed by atoms with Crippen molar-refractivity contribution in [3.05, 3.63) is 0 Å². The summed E-state index contributed by atoms with van der Waals surface area (Å²) < 4.78 is 0. The molecule has 0 unspecified atom stereocenters. The van der Waals surface area contributed by atoms with Crippen molar-refractivity contribution in [2.75, 3.05) is 39.3 Å². The van der Waals surface area contributed by atoms with Gasteiger partial charge in [-0.15, -0.1) is 0 Å². The first kappa shape index (κ1) is 22.4. The molecule has 0 aromatic rings. The number of aliphatic hydroxyl groups excluding tert-OH is 1. The van der Waals surface area contributed by atoms with E-state index in [4.69, 9.17) is 10.2 Å². The Morgan fingerprint density at radius 3 is 1.96 bits per heavy atom. The molecule has 0 radical (unpaired) electrons. The van der Waals surface area contributed by atoms with Crippen molar-refractivity contribution in [3.63, 3.8) is 0 Å². The molecular formula is C18H38N2O3. The normalized spacial score (nSPS) is 11.3. The summed E-state index contributed by atoms with van der Waals surface area (Å²) in [5.41, 5.74) is 0. The van der Waals surface area contributed by atoms with Gasteiger partial charge in [-0.25, -0.2) is 0 Å². The van der Waals surface area contributed by atoms with Gasteiger partial charge in [0.1, 0.15) is 0 Å². The lowest BCUT2D eigenvalue weighted by Crippen LogP contribution is -2.37. The van der Waals surface area contributed by atoms with Gasteiger partial charge >= 0.3 is 5.97 Å². The maximum Gasteiger partial charge on any atom is 0.317 e. The number of carboxylic acid groups (broad SMARTS) is 1. The standard InChI is InChI=1S/C18H38N2O3/c1-2-3-4-5-6-7-8-9-10-11-12-19-13-14-20(15-16-21)17-18(22)23/h19,21H,2-17H2,1H3,(H,22,23). The largest absolute Gasteiger partial charge is 0.480 e. The van der Waals surface area contributed by atoms with Crippen LogP contribution >= 0.6 is 0 Å². The maximum atomic E-state index is 10.7. The molecule has 0 spiro atoms. The van der Waals surface area contributed by atoms with Crippen LogP contribution in [0.1, 0.15) is 71.1 Å². The number of hydrogen-bond donors (Lipinski definition) is 3. The molecule has 0 aliphatic heterocycles. The van der Waals surface area contributed by atoms with Gasteiger partial charge in [0, 0.05) is 19.6 Å². The van der Waals surface area contributed by atoms with Crippen molar-refractivity contribution in [1.29, 1.82) is 0 Å². The Morgan fingerprint density at radius 1 is 0.870 bits per heavy atom. The molecule has 3 N–H and O–H groups in total. The Bertz CT molecular complexity index is 263. The quantitative estimate of drug-likeness (QED) is 0.337. The first-order valence-corrected chi connectivity index (χ1v) is 9.46. The van der Waals surface area contributed by atoms with E-state index in [0.717, 1.165) is 13.1 Å². The fourth-order valence-corrected chi connectivity index (χ4v) is 2.70. The van der Waals surface area contributed by atoms with Gasteiger partial charge in [0.05, 0.1) is 13.2 Å². The molecule has 0 heterocycles. The lowest BCUT2D eigenvalue weighted by Gasteiger charge is -2.19. The Labute approximate surface area is 142 Å². The van der Waals surface area contributed by atoms with E-state index in [1.54, 1.807) is 4.90 Å². The van der Waals surface area contributed by atoms with Gasteiger partial charge in [0.25, 0.3) is 0 Å². The number of unbranched alkanes of at least 4 members (excludes halogenated alkanes) is 9. The predicted molar refractivity (Wildman–Crippen MR) is 95.9 cm³/mol. The number of rotatable bonds is 18. The topological polar surface area (TPSA) is 72.8 Å². The summed E-state index contributed by atoms with van der Waals surface area (Å²) in [6.45, 7) is 5.13. The van der Waals surface area contributed by atoms with Crippen LogP contribution in [0.4, 0.5) is 0 Å². The number of carboxylic acids is 1. The minimum absolute atomic E-state index is 0.000492. The summed E-state index contributed by atoms with van der Waals surface area (Å²) in [5.74, 6) is -0.840. The third kappa shape index (κ3) is 17.5. The first-order chi connectivity index (χ1) is 11.2. The van der Waals surface area contributed by atoms with Crippen LogP contribution in [0.3, 0.4) is 0 Å². The number of hydrogen-bond acceptors (Lipinski definition) is 4. The lowest BCUT2D eigenvalue weighted by atomic mass is 10.1. The minimum atomic E-state index is -0.840. The highest BCUT2D eigenvalue weighted by Gasteiger charge is 2.07. The van der Waals surface area contributed by atoms with Crippen LogP contribution in [-0.2, 0) is 4.79 Å². The summed E-state index contributed by atoms with van der Waals surface area (Å²) in [5, 5.41) is 21.0. The van der Waals surface area contributed by atoms with Crippen molar-refractivity contribution < 1.29 is 15.0 Å². The number of carbonyl (C=O) groups is 1. The van der Waals surface area contributed by atoms with Crippen molar-refractivity contribution in [3.8, 4) is 0 Å². The summed E-state index contributed by atoms with van der Waals surface area (Å²) >= 11 is 0. The molecule has 5 nitrogen and oxygen atoms in total. The second kappa shape index (κ2) is 17.7. The zero-order valence-corrected chi connectivity index (χ0v) is 15.1. The van der Waals surface area contributed by atoms with Crippen LogP contribution in [0.5, 0.6) is 0 Å². The SMILES string of the molecule is CCCCCCCCCCCCNCCN(CCO)CC(=O)O. The van der Waals surface area contributed by atoms with Crippen LogP contribution in [0.2, 0.25) is 0 Å². The van der Waals surface area contributed by atoms with Gasteiger partial charge in [0.2, 0.25) is 0 Å². The molecule has 0 fully saturated rings. The second-order valence-corrected chi connectivity index (χ2v) is 6.33. The lowest BCUT2D eigenvalue weighted by molar-refractivity contribution is -0.138. The molecule has 0 saturated carbocycles. The molecule has 5 heteroatoms. The van der Waals surface area contributed by atoms with E-state index in [2.05, 4.69) is 12.2 Å². The van der Waals surface area contributed by atoms with E-state index < -0.39 is 5.97 Å². The smallest absolute Gasteiger partial charge is 0.317 e. The van der Waals surface area contributed by atoms with Crippen molar-refractivity contribution in [1.82, 2.24) is 10.2 Å². The van der Waals surface area contributed by atoms with Gasteiger partial charge < -0.3 is 15.5 Å². The molecule has 0 rings (SSSR count). The molecule has 0 aliphatic carbocycles. The van der Waals surface area contributed by atoms with E-state index in [-0.39, 0.29) is 13.2 Å². The van der Waals surface area contributed by atoms with E-state index in [0.29, 0.717) is 13.1 Å². The molecule has 138 valence electrons. The zero-order valence-electron chi connectivity index (χ0n) is 15.1. The molecular weight excluding hydrogens is 292 g/mol. The molecule has 0 aromatic carbocycles. The summed E-state index contributed by atoms with van der Waals surface area (Å²) in [4.78, 5) is 12.4. The molecule has 0 atom stereocenters. The van der Waals surface area contributed by atoms with Crippen LogP contribution < -0.4 is 5.32 Å². The van der Waals surface area contributed by atoms with Gasteiger partial charge in [-0.2, -0.15) is 0 Å². The third-order valence-electron chi connectivity index (χ3n) is 4.09. The fraction of sp³-hybridized carbons (Fsp3) is 0.944. The van der Waals surface area contributed by atoms with Crippen molar-refractivity contribution in [2.45, 2.75) is 71.1 Å². The van der Waals surface area contributed by atoms with E-state index in [9.17, 15) is 4.79 Å². The van der Waals surface area contributed by atoms with E-state index >= 15 is 0 Å². The summed E-state index contributed by atoms with van der Waals surface area (Å²) in [7, 11) is 0. The number of nitrogens with one attached hydrogen (secondary N) is 1. The summed E-state index contributed by atoms with van der Waals surface area (Å²) in [6, 6.07) is 0. The maximum absolute atomic E-state index is 10.7. The van der Waals surface area contributed by atoms with Gasteiger partial charge in [-0.1, -0.05) is 64.7 Å². The highest BCUT2D eigenvalue weighted by molar-refractivity contribution is 5.69. The second-order valence-electron chi connectivity index (χ2n) is 6.33. The van der Waals surface area contributed by atoms with Crippen molar-refractivity contribution >= 4 is 5.97 Å². The highest BCUT2D eigenvalue weighted by Crippen LogP contribution is 2.10. The molecule has 23 heavy (non-hydrogen) atoms. The number of nitrogens with zero attached hydrogens (tertiary/aromatic N) is 1. The molecule has 0 aliphatic rings. The number of aliphatic hydroxyl groups is 1. The first-order valence-electron chi connectivity index (χ1n) is 9.46. The minimum Gasteiger partial charge on any atom is -0.480 e. The zero-order chi connectivity index (χ0) is 17.2. The van der Waals surface area contributed by atoms with Crippen LogP contribution in [0.15, 0.2) is 0 Å². The van der Waals surface area contributed by atoms with Crippen molar-refractivity contribution in [2.24, 2.45) is 0 Å². The highest BCUT2D eigenvalue weighted by atomic mass is 16.4. The Hall–Kier alpha value is -0.650. The third-order valence-corrected chi connectivity index (χ3v) is 4.09. The summed E-state index contributed by atoms with van der Waals surface area (Å²) in [6.07, 6.45) is 13.4. The monoisotopic (exact) mass is 330 g/mol. The Balaban J connectivity index is 3.27. The average Bonchev–Trinajstić information content (AvgIpc) is 2.51. The average molecular weight is 331 g/mol. The fourth-order valence-electron chi connectivity index (χ4n) is 2.70. The predicted octanol–water partition coefficient (Wildman–Crippen LogP) is 2.88. The molecule has 0 aromatic heterocycles. The number of aliphatic carboxylic acids is 1. The van der Waals surface area contributed by atoms with Gasteiger partial charge in [0.15, 0.2) is 0 Å². The molecule has 0 amide bonds. The Kier molecular flexibility index (Phi) is 17.2. The Morgan fingerprint density at radius 2 is 1.43 bits per heavy atom. The van der Waals surface area contributed by atoms with Crippen LogP contribution in [-0.4, -0.2) is 60.4 Å². The van der Waals surface area contributed by atoms with E-state index in [1.807, 2.05) is 0 Å².